The van der Waals surface area contributed by atoms with Crippen LogP contribution in [0.2, 0.25) is 0 Å². The maximum absolute atomic E-state index is 12.2. The molecule has 0 fully saturated rings. The number of aliphatic carboxylic acids is 1. The van der Waals surface area contributed by atoms with Gasteiger partial charge in [-0.2, -0.15) is 0 Å². The number of methoxy groups -OCH3 is 3. The molecule has 0 atom stereocenters. The molecule has 8 N–H and O–H groups in total. The van der Waals surface area contributed by atoms with Crippen LogP contribution in [0.1, 0.15) is 146 Å². The van der Waals surface area contributed by atoms with Crippen LogP contribution in [-0.4, -0.2) is 99.0 Å². The van der Waals surface area contributed by atoms with Crippen LogP contribution in [0.5, 0.6) is 40.2 Å². The molecule has 602 valence electrons. The molecule has 16 aromatic rings. The summed E-state index contributed by atoms with van der Waals surface area (Å²) in [5.74, 6) is 1.80. The zero-order valence-electron chi connectivity index (χ0n) is 70.1. The first kappa shape index (κ1) is 81.7. The standard InChI is InChI=1S/C49H44N4O4.C40H38N4O2.C9H10O2.C3H6O2/c1-48(2,3)29-21-33-37-15-17-41(50-37)43(28-19-31(56-7)25-32(20-28)57-8)42-18-16-38(51-42)34-22-30(49(4,5)6)24-36(47(34)55)40-14-12-27-10-9-26-11-13-39(35(23-29)46(33)54)52-44(26)45(27)53-40;1-39(2,3)25-19-27(31-9-7-17-41-31)37(45)29(21-25)33-15-13-23-11-12-24-14-16-34(44-36(24)35(23)43-33)30-22-26(40(4,5)6)20-28(38(30)46)32-10-8-18-42-32;1-7-3-8(6-10)5-9(4-7)11-2;1-2-3(4)5/h9-25,50,54-55H,1-8H3;7-22,41-42,45-46H,1-6H3;3-6H,1-2H3;2H2,1H3,(H,4,5). The molecule has 8 aromatic heterocycles. The van der Waals surface area contributed by atoms with E-state index in [4.69, 9.17) is 44.2 Å². The summed E-state index contributed by atoms with van der Waals surface area (Å²) >= 11 is 0. The number of phenolic OH excluding ortho intramolecular Hbond substituents is 4. The van der Waals surface area contributed by atoms with E-state index in [1.807, 2.05) is 201 Å². The highest BCUT2D eigenvalue weighted by atomic mass is 16.5. The summed E-state index contributed by atoms with van der Waals surface area (Å²) in [4.78, 5) is 55.9. The Balaban J connectivity index is 0.000000167. The van der Waals surface area contributed by atoms with Crippen molar-refractivity contribution in [1.82, 2.24) is 39.9 Å². The molecule has 0 saturated heterocycles. The first-order valence-corrected chi connectivity index (χ1v) is 39.6. The van der Waals surface area contributed by atoms with Crippen LogP contribution in [-0.2, 0) is 26.5 Å². The summed E-state index contributed by atoms with van der Waals surface area (Å²) in [7, 11) is 4.84. The second kappa shape index (κ2) is 32.3. The van der Waals surface area contributed by atoms with Crippen molar-refractivity contribution in [3.63, 3.8) is 0 Å². The quantitative estimate of drug-likeness (QED) is 0.0467. The van der Waals surface area contributed by atoms with Crippen molar-refractivity contribution in [2.75, 3.05) is 21.3 Å². The van der Waals surface area contributed by atoms with Gasteiger partial charge in [0.1, 0.15) is 46.5 Å². The number of aromatic nitrogens is 8. The number of aldehydes is 1. The van der Waals surface area contributed by atoms with Crippen molar-refractivity contribution < 1.29 is 49.3 Å². The number of benzene rings is 8. The van der Waals surface area contributed by atoms with Gasteiger partial charge in [-0.3, -0.25) is 9.59 Å². The zero-order chi connectivity index (χ0) is 84.9. The van der Waals surface area contributed by atoms with E-state index in [0.29, 0.717) is 94.6 Å². The first-order valence-electron chi connectivity index (χ1n) is 39.6. The number of carbonyl (C=O) groups excluding carboxylic acids is 1. The molecule has 1 aliphatic heterocycles. The lowest BCUT2D eigenvalue weighted by Crippen LogP contribution is -2.11. The number of aromatic amines is 3. The Labute approximate surface area is 691 Å². The van der Waals surface area contributed by atoms with Gasteiger partial charge in [-0.15, -0.1) is 0 Å². The monoisotopic (exact) mass is 1580 g/mol. The second-order valence-electron chi connectivity index (χ2n) is 34.2. The summed E-state index contributed by atoms with van der Waals surface area (Å²) in [6.45, 7) is 29.5. The molecule has 0 aliphatic carbocycles. The van der Waals surface area contributed by atoms with E-state index in [2.05, 4.69) is 116 Å². The minimum absolute atomic E-state index is 0.0914. The highest BCUT2D eigenvalue weighted by molar-refractivity contribution is 6.10. The van der Waals surface area contributed by atoms with Crippen LogP contribution in [0.15, 0.2) is 207 Å². The number of nitrogens with zero attached hydrogens (tertiary/aromatic N) is 5. The van der Waals surface area contributed by atoms with Crippen molar-refractivity contribution in [2.24, 2.45) is 0 Å². The van der Waals surface area contributed by atoms with Crippen LogP contribution < -0.4 is 14.2 Å². The van der Waals surface area contributed by atoms with Gasteiger partial charge >= 0.3 is 5.97 Å². The van der Waals surface area contributed by atoms with Gasteiger partial charge in [0, 0.05) is 124 Å². The molecule has 8 aromatic carbocycles. The highest BCUT2D eigenvalue weighted by Crippen LogP contribution is 2.47. The Kier molecular flexibility index (Phi) is 22.2. The van der Waals surface area contributed by atoms with E-state index < -0.39 is 5.97 Å². The molecule has 17 rings (SSSR count). The van der Waals surface area contributed by atoms with E-state index in [9.17, 15) is 30.0 Å². The van der Waals surface area contributed by atoms with Gasteiger partial charge in [-0.25, -0.2) is 24.9 Å². The smallest absolute Gasteiger partial charge is 0.303 e. The van der Waals surface area contributed by atoms with E-state index in [1.165, 1.54) is 0 Å². The number of aromatic hydroxyl groups is 4. The number of pyridine rings is 4. The van der Waals surface area contributed by atoms with Crippen molar-refractivity contribution in [2.45, 2.75) is 125 Å². The molecule has 0 radical (unpaired) electrons. The Hall–Kier alpha value is -13.9. The van der Waals surface area contributed by atoms with Gasteiger partial charge < -0.3 is 54.7 Å². The minimum Gasteiger partial charge on any atom is -0.507 e. The fourth-order valence-corrected chi connectivity index (χ4v) is 14.7. The van der Waals surface area contributed by atoms with E-state index in [1.54, 1.807) is 34.3 Å². The lowest BCUT2D eigenvalue weighted by molar-refractivity contribution is -0.136. The summed E-state index contributed by atoms with van der Waals surface area (Å²) in [5.41, 5.74) is 19.5. The number of hydrogen-bond acceptors (Lipinski definition) is 14. The van der Waals surface area contributed by atoms with E-state index in [-0.39, 0.29) is 51.1 Å². The number of carbonyl (C=O) groups is 2. The number of aryl methyl sites for hydroxylation is 1. The summed E-state index contributed by atoms with van der Waals surface area (Å²) in [6, 6.07) is 63.4. The average molecular weight is 1580 g/mol. The Morgan fingerprint density at radius 3 is 1.23 bits per heavy atom. The number of hydrogen-bond donors (Lipinski definition) is 8. The number of phenols is 4. The molecule has 1 aliphatic rings. The molecular weight excluding hydrogens is 1490 g/mol. The van der Waals surface area contributed by atoms with Crippen LogP contribution in [0.3, 0.4) is 0 Å². The normalized spacial score (nSPS) is 12.0. The van der Waals surface area contributed by atoms with Crippen LogP contribution in [0.4, 0.5) is 0 Å². The molecule has 18 heteroatoms. The predicted octanol–water partition coefficient (Wildman–Crippen LogP) is 24.4. The molecule has 0 spiro atoms. The third-order valence-corrected chi connectivity index (χ3v) is 21.6. The number of H-pyrrole nitrogens is 3. The van der Waals surface area contributed by atoms with Gasteiger partial charge in [0.2, 0.25) is 0 Å². The second-order valence-corrected chi connectivity index (χ2v) is 34.2. The summed E-state index contributed by atoms with van der Waals surface area (Å²) < 4.78 is 16.4. The number of rotatable bonds is 10. The largest absolute Gasteiger partial charge is 0.507 e. The fraction of sp³-hybridized carbons (Fsp3) is 0.218. The van der Waals surface area contributed by atoms with E-state index in [0.717, 1.165) is 117 Å². The maximum atomic E-state index is 12.2. The lowest BCUT2D eigenvalue weighted by Gasteiger charge is -2.22. The molecular formula is C101H98N8O10. The summed E-state index contributed by atoms with van der Waals surface area (Å²) in [6.07, 6.45) is 8.67. The van der Waals surface area contributed by atoms with E-state index >= 15 is 0 Å². The van der Waals surface area contributed by atoms with Gasteiger partial charge in [0.15, 0.2) is 0 Å². The molecule has 12 bridgehead atoms. The topological polar surface area (TPSA) is 275 Å². The molecule has 0 saturated carbocycles. The van der Waals surface area contributed by atoms with Gasteiger partial charge in [0.05, 0.1) is 77.2 Å². The zero-order valence-corrected chi connectivity index (χ0v) is 70.1. The van der Waals surface area contributed by atoms with Gasteiger partial charge in [-0.1, -0.05) is 139 Å². The van der Waals surface area contributed by atoms with Crippen molar-refractivity contribution in [3.05, 3.63) is 251 Å². The molecule has 119 heavy (non-hydrogen) atoms. The van der Waals surface area contributed by atoms with Crippen molar-refractivity contribution >= 4 is 112 Å². The van der Waals surface area contributed by atoms with Gasteiger partial charge in [-0.05, 0) is 214 Å². The number of carboxylic acid groups (broad SMARTS) is 1. The third kappa shape index (κ3) is 16.8. The molecule has 0 amide bonds. The average Bonchev–Trinajstić information content (AvgIpc) is 1.68. The minimum atomic E-state index is -0.745. The first-order chi connectivity index (χ1) is 56.6. The molecule has 9 heterocycles. The number of nitrogens with one attached hydrogen (secondary N) is 3. The Bertz CT molecular complexity index is 6650. The SMILES string of the molecule is CC(C)(C)c1cc(-c2ccc3ccc4ccc(-c5cc(C(C)(C)C)cc(-c6ccc[nH]6)c5O)nc4c3n2)c(O)c(-c2ccc[nH]2)c1.CCC(=O)O.COc1cc(C)cc(C=O)c1.COc1cc(OC)cc(-c2c3nc(c4cc(C(C)(C)C)cc(c4O)c4ccc5ccc6ccc(nc6c5n4)c4cc(C(C)(C)C)cc(c4O)c4ccc2[nH]4)C=C3)c1. The fourth-order valence-electron chi connectivity index (χ4n) is 14.7. The van der Waals surface area contributed by atoms with Crippen LogP contribution >= 0.6 is 0 Å². The van der Waals surface area contributed by atoms with Gasteiger partial charge in [0.25, 0.3) is 0 Å². The number of fused-ring (bicyclic) bond motifs is 17. The Morgan fingerprint density at radius 2 is 0.798 bits per heavy atom. The number of carboxylic acids is 1. The highest BCUT2D eigenvalue weighted by Gasteiger charge is 2.27. The van der Waals surface area contributed by atoms with Crippen molar-refractivity contribution in [1.29, 1.82) is 0 Å². The Morgan fingerprint density at radius 1 is 0.412 bits per heavy atom. The lowest BCUT2D eigenvalue weighted by atomic mass is 9.83. The predicted molar refractivity (Wildman–Crippen MR) is 483 cm³/mol. The third-order valence-electron chi connectivity index (χ3n) is 21.6. The van der Waals surface area contributed by atoms with Crippen LogP contribution in [0.25, 0.3) is 156 Å². The summed E-state index contributed by atoms with van der Waals surface area (Å²) in [5, 5.41) is 61.6. The number of ether oxygens (including phenoxy) is 3. The maximum Gasteiger partial charge on any atom is 0.303 e. The molecule has 0 unspecified atom stereocenters. The van der Waals surface area contributed by atoms with Crippen molar-refractivity contribution in [3.8, 4) is 96.4 Å². The molecule has 18 nitrogen and oxygen atoms in total. The van der Waals surface area contributed by atoms with Crippen LogP contribution in [0, 0.1) is 6.92 Å².